The van der Waals surface area contributed by atoms with E-state index in [1.165, 1.54) is 0 Å². The van der Waals surface area contributed by atoms with Crippen LogP contribution in [0.2, 0.25) is 5.02 Å². The van der Waals surface area contributed by atoms with Crippen molar-refractivity contribution in [1.82, 2.24) is 9.97 Å². The molecule has 4 nitrogen and oxygen atoms in total. The zero-order chi connectivity index (χ0) is 20.2. The van der Waals surface area contributed by atoms with Crippen molar-refractivity contribution in [3.05, 3.63) is 94.3 Å². The number of nitrogens with zero attached hydrogens (tertiary/aromatic N) is 2. The highest BCUT2D eigenvalue weighted by molar-refractivity contribution is 6.31. The Hall–Kier alpha value is -3.55. The Balaban J connectivity index is 1.52. The minimum Gasteiger partial charge on any atom is -0.489 e. The van der Waals surface area contributed by atoms with E-state index in [4.69, 9.17) is 16.3 Å². The molecule has 0 bridgehead atoms. The molecule has 0 unspecified atom stereocenters. The largest absolute Gasteiger partial charge is 0.489 e. The zero-order valence-electron chi connectivity index (χ0n) is 15.8. The number of hydrogen-bond acceptors (Lipinski definition) is 3. The summed E-state index contributed by atoms with van der Waals surface area (Å²) in [4.78, 5) is 7.75. The van der Waals surface area contributed by atoms with E-state index >= 15 is 0 Å². The van der Waals surface area contributed by atoms with Gasteiger partial charge < -0.3 is 9.72 Å². The van der Waals surface area contributed by atoms with Crippen molar-refractivity contribution in [2.45, 2.75) is 13.5 Å². The van der Waals surface area contributed by atoms with Gasteiger partial charge in [0.25, 0.3) is 0 Å². The van der Waals surface area contributed by atoms with E-state index < -0.39 is 0 Å². The molecule has 1 N–H and O–H groups in total. The Labute approximate surface area is 174 Å². The Morgan fingerprint density at radius 3 is 2.69 bits per heavy atom. The van der Waals surface area contributed by atoms with Crippen molar-refractivity contribution in [2.75, 3.05) is 0 Å². The van der Waals surface area contributed by atoms with Crippen LogP contribution in [0.25, 0.3) is 22.7 Å². The fourth-order valence-corrected chi connectivity index (χ4v) is 3.20. The van der Waals surface area contributed by atoms with Crippen LogP contribution < -0.4 is 4.74 Å². The Morgan fingerprint density at radius 1 is 1.14 bits per heavy atom. The third-order valence-electron chi connectivity index (χ3n) is 4.56. The highest BCUT2D eigenvalue weighted by Crippen LogP contribution is 2.22. The molecule has 1 heterocycles. The number of nitriles is 1. The van der Waals surface area contributed by atoms with Gasteiger partial charge in [0, 0.05) is 10.6 Å². The lowest BCUT2D eigenvalue weighted by atomic mass is 10.1. The first-order valence-electron chi connectivity index (χ1n) is 9.17. The molecule has 5 heteroatoms. The normalized spacial score (nSPS) is 11.4. The van der Waals surface area contributed by atoms with Gasteiger partial charge in [-0.2, -0.15) is 5.26 Å². The average Bonchev–Trinajstić information content (AvgIpc) is 3.15. The topological polar surface area (TPSA) is 61.7 Å². The van der Waals surface area contributed by atoms with E-state index in [-0.39, 0.29) is 0 Å². The number of imidazole rings is 1. The minimum atomic E-state index is 0.400. The SMILES string of the molecule is Cc1ccc2nc(/C(C#N)=C\c3ccc(OCc4ccccc4Cl)cc3)[nH]c2c1. The summed E-state index contributed by atoms with van der Waals surface area (Å²) in [7, 11) is 0. The van der Waals surface area contributed by atoms with Gasteiger partial charge in [-0.1, -0.05) is 48.0 Å². The number of aryl methyl sites for hydroxylation is 1. The molecular formula is C24H18ClN3O. The number of allylic oxidation sites excluding steroid dienone is 1. The summed E-state index contributed by atoms with van der Waals surface area (Å²) in [6, 6.07) is 23.4. The highest BCUT2D eigenvalue weighted by atomic mass is 35.5. The molecule has 0 spiro atoms. The molecule has 0 radical (unpaired) electrons. The fourth-order valence-electron chi connectivity index (χ4n) is 3.01. The summed E-state index contributed by atoms with van der Waals surface area (Å²) >= 11 is 6.16. The van der Waals surface area contributed by atoms with Crippen LogP contribution in [-0.4, -0.2) is 9.97 Å². The van der Waals surface area contributed by atoms with Crippen LogP contribution in [0, 0.1) is 18.3 Å². The standard InChI is InChI=1S/C24H18ClN3O/c1-16-6-11-22-23(12-16)28-24(27-22)19(14-26)13-17-7-9-20(10-8-17)29-15-18-4-2-3-5-21(18)25/h2-13H,15H2,1H3,(H,27,28)/b19-13-. The lowest BCUT2D eigenvalue weighted by Gasteiger charge is -2.08. The van der Waals surface area contributed by atoms with E-state index in [1.807, 2.05) is 79.7 Å². The first-order valence-corrected chi connectivity index (χ1v) is 9.55. The third kappa shape index (κ3) is 4.31. The molecule has 29 heavy (non-hydrogen) atoms. The van der Waals surface area contributed by atoms with Crippen LogP contribution in [0.4, 0.5) is 0 Å². The summed E-state index contributed by atoms with van der Waals surface area (Å²) < 4.78 is 5.81. The van der Waals surface area contributed by atoms with Crippen molar-refractivity contribution in [3.8, 4) is 11.8 Å². The molecule has 0 fully saturated rings. The fraction of sp³-hybridized carbons (Fsp3) is 0.0833. The van der Waals surface area contributed by atoms with E-state index in [1.54, 1.807) is 0 Å². The van der Waals surface area contributed by atoms with Gasteiger partial charge in [0.2, 0.25) is 0 Å². The molecule has 0 aliphatic rings. The second kappa shape index (κ2) is 8.22. The summed E-state index contributed by atoms with van der Waals surface area (Å²) in [5.41, 5.74) is 5.21. The Kier molecular flexibility index (Phi) is 5.33. The number of rotatable bonds is 5. The summed E-state index contributed by atoms with van der Waals surface area (Å²) in [6.45, 7) is 2.42. The number of aromatic nitrogens is 2. The second-order valence-electron chi connectivity index (χ2n) is 6.72. The lowest BCUT2D eigenvalue weighted by Crippen LogP contribution is -1.96. The number of hydrogen-bond donors (Lipinski definition) is 1. The van der Waals surface area contributed by atoms with Gasteiger partial charge in [-0.05, 0) is 54.5 Å². The maximum Gasteiger partial charge on any atom is 0.149 e. The Morgan fingerprint density at radius 2 is 1.93 bits per heavy atom. The molecule has 0 saturated carbocycles. The van der Waals surface area contributed by atoms with E-state index in [0.29, 0.717) is 23.0 Å². The molecule has 3 aromatic carbocycles. The average molecular weight is 400 g/mol. The maximum absolute atomic E-state index is 9.60. The van der Waals surface area contributed by atoms with Crippen LogP contribution in [0.5, 0.6) is 5.75 Å². The van der Waals surface area contributed by atoms with Gasteiger partial charge in [0.05, 0.1) is 16.6 Å². The van der Waals surface area contributed by atoms with Gasteiger partial charge in [-0.25, -0.2) is 4.98 Å². The minimum absolute atomic E-state index is 0.400. The van der Waals surface area contributed by atoms with Crippen molar-refractivity contribution in [3.63, 3.8) is 0 Å². The monoisotopic (exact) mass is 399 g/mol. The van der Waals surface area contributed by atoms with Crippen LogP contribution in [0.3, 0.4) is 0 Å². The number of fused-ring (bicyclic) bond motifs is 1. The Bertz CT molecular complexity index is 1230. The summed E-state index contributed by atoms with van der Waals surface area (Å²) in [5.74, 6) is 1.30. The van der Waals surface area contributed by atoms with Crippen LogP contribution in [-0.2, 0) is 6.61 Å². The number of halogens is 1. The van der Waals surface area contributed by atoms with Crippen LogP contribution >= 0.6 is 11.6 Å². The molecule has 0 saturated heterocycles. The molecule has 4 rings (SSSR count). The summed E-state index contributed by atoms with van der Waals surface area (Å²) in [5, 5.41) is 10.3. The first kappa shape index (κ1) is 18.8. The predicted molar refractivity (Wildman–Crippen MR) is 117 cm³/mol. The second-order valence-corrected chi connectivity index (χ2v) is 7.13. The molecule has 0 atom stereocenters. The van der Waals surface area contributed by atoms with Gasteiger partial charge in [0.15, 0.2) is 0 Å². The van der Waals surface area contributed by atoms with E-state index in [0.717, 1.165) is 33.5 Å². The number of aromatic amines is 1. The van der Waals surface area contributed by atoms with Crippen molar-refractivity contribution < 1.29 is 4.74 Å². The smallest absolute Gasteiger partial charge is 0.149 e. The number of benzene rings is 3. The number of nitrogens with one attached hydrogen (secondary N) is 1. The van der Waals surface area contributed by atoms with Crippen molar-refractivity contribution in [1.29, 1.82) is 5.26 Å². The molecule has 0 amide bonds. The molecule has 0 aliphatic heterocycles. The van der Waals surface area contributed by atoms with Gasteiger partial charge in [-0.15, -0.1) is 0 Å². The zero-order valence-corrected chi connectivity index (χ0v) is 16.6. The number of ether oxygens (including phenoxy) is 1. The van der Waals surface area contributed by atoms with Crippen molar-refractivity contribution in [2.24, 2.45) is 0 Å². The highest BCUT2D eigenvalue weighted by Gasteiger charge is 2.08. The number of H-pyrrole nitrogens is 1. The quantitative estimate of drug-likeness (QED) is 0.408. The third-order valence-corrected chi connectivity index (χ3v) is 4.92. The molecular weight excluding hydrogens is 382 g/mol. The summed E-state index contributed by atoms with van der Waals surface area (Å²) in [6.07, 6.45) is 1.81. The molecule has 1 aromatic heterocycles. The maximum atomic E-state index is 9.60. The molecule has 142 valence electrons. The first-order chi connectivity index (χ1) is 14.1. The van der Waals surface area contributed by atoms with Crippen LogP contribution in [0.15, 0.2) is 66.7 Å². The lowest BCUT2D eigenvalue weighted by molar-refractivity contribution is 0.306. The van der Waals surface area contributed by atoms with Crippen molar-refractivity contribution >= 4 is 34.3 Å². The predicted octanol–water partition coefficient (Wildman–Crippen LogP) is 6.17. The van der Waals surface area contributed by atoms with Gasteiger partial charge in [0.1, 0.15) is 24.3 Å². The van der Waals surface area contributed by atoms with Crippen LogP contribution in [0.1, 0.15) is 22.5 Å². The van der Waals surface area contributed by atoms with E-state index in [2.05, 4.69) is 16.0 Å². The van der Waals surface area contributed by atoms with E-state index in [9.17, 15) is 5.26 Å². The van der Waals surface area contributed by atoms with Gasteiger partial charge >= 0.3 is 0 Å². The van der Waals surface area contributed by atoms with Gasteiger partial charge in [-0.3, -0.25) is 0 Å². The molecule has 0 aliphatic carbocycles. The molecule has 4 aromatic rings.